The lowest BCUT2D eigenvalue weighted by molar-refractivity contribution is 0.196. The molecule has 0 aliphatic heterocycles. The van der Waals surface area contributed by atoms with Gasteiger partial charge in [-0.3, -0.25) is 0 Å². The van der Waals surface area contributed by atoms with Crippen LogP contribution < -0.4 is 0 Å². The molecule has 2 atom stereocenters. The van der Waals surface area contributed by atoms with E-state index in [1.165, 1.54) is 11.8 Å². The van der Waals surface area contributed by atoms with Crippen molar-refractivity contribution in [3.63, 3.8) is 0 Å². The molecule has 6 heteroatoms. The van der Waals surface area contributed by atoms with Crippen molar-refractivity contribution in [2.45, 2.75) is 62.3 Å². The molecule has 0 amide bonds. The highest BCUT2D eigenvalue weighted by atomic mass is 35.5. The smallest absolute Gasteiger partial charge is 0.220 e. The molecular formula is C12H21Cl3OS2. The van der Waals surface area contributed by atoms with Crippen molar-refractivity contribution in [2.75, 3.05) is 5.75 Å². The van der Waals surface area contributed by atoms with E-state index in [2.05, 4.69) is 6.92 Å². The Balaban J connectivity index is 4.20. The van der Waals surface area contributed by atoms with Gasteiger partial charge in [0.05, 0.1) is 5.38 Å². The molecule has 0 saturated heterocycles. The van der Waals surface area contributed by atoms with E-state index in [0.29, 0.717) is 4.38 Å². The van der Waals surface area contributed by atoms with Crippen molar-refractivity contribution in [3.05, 3.63) is 0 Å². The highest BCUT2D eigenvalue weighted by Gasteiger charge is 2.40. The molecule has 2 unspecified atom stereocenters. The Morgan fingerprint density at radius 1 is 1.33 bits per heavy atom. The van der Waals surface area contributed by atoms with Crippen molar-refractivity contribution in [2.24, 2.45) is 0 Å². The van der Waals surface area contributed by atoms with Gasteiger partial charge in [-0.05, 0) is 32.0 Å². The van der Waals surface area contributed by atoms with Crippen LogP contribution in [-0.2, 0) is 4.74 Å². The maximum atomic E-state index is 6.26. The summed E-state index contributed by atoms with van der Waals surface area (Å²) in [7, 11) is 0. The van der Waals surface area contributed by atoms with Crippen molar-refractivity contribution in [1.82, 2.24) is 0 Å². The maximum absolute atomic E-state index is 6.26. The molecule has 0 aromatic rings. The summed E-state index contributed by atoms with van der Waals surface area (Å²) in [6.45, 7) is 5.98. The van der Waals surface area contributed by atoms with E-state index in [0.717, 1.165) is 31.4 Å². The van der Waals surface area contributed by atoms with Crippen LogP contribution in [0.15, 0.2) is 0 Å². The fraction of sp³-hybridized carbons (Fsp3) is 0.917. The lowest BCUT2D eigenvalue weighted by Gasteiger charge is -2.31. The van der Waals surface area contributed by atoms with Gasteiger partial charge in [-0.2, -0.15) is 0 Å². The van der Waals surface area contributed by atoms with Crippen molar-refractivity contribution in [1.29, 1.82) is 0 Å². The predicted molar refractivity (Wildman–Crippen MR) is 89.5 cm³/mol. The van der Waals surface area contributed by atoms with Gasteiger partial charge in [-0.1, -0.05) is 61.7 Å². The van der Waals surface area contributed by atoms with Gasteiger partial charge in [0.15, 0.2) is 4.33 Å². The van der Waals surface area contributed by atoms with Gasteiger partial charge in [0.2, 0.25) is 4.38 Å². The number of rotatable bonds is 8. The number of hydrogen-bond acceptors (Lipinski definition) is 3. The quantitative estimate of drug-likeness (QED) is 0.311. The lowest BCUT2D eigenvalue weighted by atomic mass is 10.1. The molecule has 108 valence electrons. The summed E-state index contributed by atoms with van der Waals surface area (Å²) in [6, 6.07) is 0. The fourth-order valence-corrected chi connectivity index (χ4v) is 3.17. The zero-order chi connectivity index (χ0) is 14.2. The molecule has 0 aliphatic rings. The van der Waals surface area contributed by atoms with Gasteiger partial charge >= 0.3 is 0 Å². The van der Waals surface area contributed by atoms with Gasteiger partial charge in [0, 0.05) is 5.75 Å². The minimum Gasteiger partial charge on any atom is -0.472 e. The SMILES string of the molecule is CCCCSC(=S)OC(C)C(Cl)(Cl)C(Cl)CCC. The number of thiocarbonyl (C=S) groups is 1. The zero-order valence-corrected chi connectivity index (χ0v) is 14.9. The first-order chi connectivity index (χ1) is 8.36. The van der Waals surface area contributed by atoms with Crippen LogP contribution in [0, 0.1) is 0 Å². The van der Waals surface area contributed by atoms with Gasteiger partial charge in [-0.15, -0.1) is 11.6 Å². The molecule has 0 bridgehead atoms. The molecule has 0 N–H and O–H groups in total. The first kappa shape index (κ1) is 19.1. The number of alkyl halides is 3. The van der Waals surface area contributed by atoms with Crippen LogP contribution in [0.25, 0.3) is 0 Å². The Labute approximate surface area is 135 Å². The average molecular weight is 352 g/mol. The minimum absolute atomic E-state index is 0.343. The van der Waals surface area contributed by atoms with E-state index in [9.17, 15) is 0 Å². The summed E-state index contributed by atoms with van der Waals surface area (Å²) in [6.07, 6.45) is 3.51. The van der Waals surface area contributed by atoms with Gasteiger partial charge in [-0.25, -0.2) is 0 Å². The Morgan fingerprint density at radius 2 is 1.94 bits per heavy atom. The standard InChI is InChI=1S/C12H21Cl3OS2/c1-4-6-8-18-11(17)16-9(3)12(14,15)10(13)7-5-2/h9-10H,4-8H2,1-3H3. The summed E-state index contributed by atoms with van der Waals surface area (Å²) >= 11 is 25.4. The van der Waals surface area contributed by atoms with Gasteiger partial charge < -0.3 is 4.74 Å². The molecule has 1 nitrogen and oxygen atoms in total. The molecular weight excluding hydrogens is 331 g/mol. The maximum Gasteiger partial charge on any atom is 0.220 e. The molecule has 0 aromatic carbocycles. The van der Waals surface area contributed by atoms with E-state index < -0.39 is 10.4 Å². The van der Waals surface area contributed by atoms with Crippen LogP contribution in [0.3, 0.4) is 0 Å². The number of halogens is 3. The van der Waals surface area contributed by atoms with E-state index in [4.69, 9.17) is 51.8 Å². The molecule has 0 rings (SSSR count). The first-order valence-corrected chi connectivity index (χ1v) is 8.80. The second kappa shape index (κ2) is 9.93. The monoisotopic (exact) mass is 350 g/mol. The minimum atomic E-state index is -1.12. The molecule has 0 saturated carbocycles. The third kappa shape index (κ3) is 7.04. The Kier molecular flexibility index (Phi) is 10.5. The van der Waals surface area contributed by atoms with Crippen LogP contribution in [0.5, 0.6) is 0 Å². The van der Waals surface area contributed by atoms with Crippen molar-refractivity contribution >= 4 is 63.2 Å². The second-order valence-electron chi connectivity index (χ2n) is 4.14. The Morgan fingerprint density at radius 3 is 2.44 bits per heavy atom. The van der Waals surface area contributed by atoms with Crippen LogP contribution in [-0.4, -0.2) is 25.9 Å². The predicted octanol–water partition coefficient (Wildman–Crippen LogP) is 5.79. The van der Waals surface area contributed by atoms with E-state index >= 15 is 0 Å². The third-order valence-corrected chi connectivity index (χ3v) is 5.69. The highest BCUT2D eigenvalue weighted by molar-refractivity contribution is 8.22. The van der Waals surface area contributed by atoms with Gasteiger partial charge in [0.25, 0.3) is 0 Å². The molecule has 0 radical (unpaired) electrons. The van der Waals surface area contributed by atoms with E-state index in [1.807, 2.05) is 6.92 Å². The molecule has 0 aromatic heterocycles. The number of unbranched alkanes of at least 4 members (excludes halogenated alkanes) is 1. The summed E-state index contributed by atoms with van der Waals surface area (Å²) in [5, 5.41) is -0.343. The summed E-state index contributed by atoms with van der Waals surface area (Å²) in [5.41, 5.74) is 0. The number of ether oxygens (including phenoxy) is 1. The molecule has 0 heterocycles. The second-order valence-corrected chi connectivity index (χ2v) is 7.81. The van der Waals surface area contributed by atoms with E-state index in [1.54, 1.807) is 6.92 Å². The first-order valence-electron chi connectivity index (χ1n) is 6.21. The topological polar surface area (TPSA) is 9.23 Å². The van der Waals surface area contributed by atoms with Crippen LogP contribution >= 0.6 is 58.8 Å². The highest BCUT2D eigenvalue weighted by Crippen LogP contribution is 2.37. The van der Waals surface area contributed by atoms with Crippen molar-refractivity contribution in [3.8, 4) is 0 Å². The van der Waals surface area contributed by atoms with E-state index in [-0.39, 0.29) is 5.38 Å². The molecule has 0 spiro atoms. The third-order valence-electron chi connectivity index (χ3n) is 2.49. The Hall–Kier alpha value is 1.11. The van der Waals surface area contributed by atoms with Crippen LogP contribution in [0.2, 0.25) is 0 Å². The number of hydrogen-bond donors (Lipinski definition) is 0. The molecule has 18 heavy (non-hydrogen) atoms. The molecule has 0 fully saturated rings. The fourth-order valence-electron chi connectivity index (χ4n) is 1.26. The van der Waals surface area contributed by atoms with Gasteiger partial charge in [0.1, 0.15) is 6.10 Å². The van der Waals surface area contributed by atoms with Crippen molar-refractivity contribution < 1.29 is 4.74 Å². The summed E-state index contributed by atoms with van der Waals surface area (Å²) in [5.74, 6) is 0.957. The van der Waals surface area contributed by atoms with Crippen LogP contribution in [0.1, 0.15) is 46.5 Å². The summed E-state index contributed by atoms with van der Waals surface area (Å²) in [4.78, 5) is 0. The number of thioether (sulfide) groups is 1. The van der Waals surface area contributed by atoms with Crippen LogP contribution in [0.4, 0.5) is 0 Å². The molecule has 0 aliphatic carbocycles. The normalized spacial score (nSPS) is 15.2. The zero-order valence-electron chi connectivity index (χ0n) is 11.0. The lowest BCUT2D eigenvalue weighted by Crippen LogP contribution is -2.40. The largest absolute Gasteiger partial charge is 0.472 e. The summed E-state index contributed by atoms with van der Waals surface area (Å²) < 4.78 is 4.95. The Bertz CT molecular complexity index is 249. The average Bonchev–Trinajstić information content (AvgIpc) is 2.29.